The van der Waals surface area contributed by atoms with Gasteiger partial charge in [0, 0.05) is 11.3 Å². The molecule has 0 spiro atoms. The minimum absolute atomic E-state index is 0.112. The molecule has 0 aliphatic carbocycles. The second-order valence-electron chi connectivity index (χ2n) is 5.75. The van der Waals surface area contributed by atoms with Gasteiger partial charge in [0.05, 0.1) is 12.2 Å². The highest BCUT2D eigenvalue weighted by Gasteiger charge is 2.06. The third kappa shape index (κ3) is 4.91. The number of benzene rings is 2. The Balaban J connectivity index is 1.53. The van der Waals surface area contributed by atoms with Crippen molar-refractivity contribution in [1.82, 2.24) is 10.3 Å². The molecule has 1 amide bonds. The Hall–Kier alpha value is -3.14. The molecule has 0 bridgehead atoms. The van der Waals surface area contributed by atoms with Gasteiger partial charge in [-0.2, -0.15) is 0 Å². The molecule has 4 nitrogen and oxygen atoms in total. The summed E-state index contributed by atoms with van der Waals surface area (Å²) in [6.07, 6.45) is 0. The van der Waals surface area contributed by atoms with Crippen molar-refractivity contribution in [3.63, 3.8) is 0 Å². The Morgan fingerprint density at radius 2 is 1.72 bits per heavy atom. The van der Waals surface area contributed by atoms with Gasteiger partial charge >= 0.3 is 0 Å². The van der Waals surface area contributed by atoms with Gasteiger partial charge in [-0.05, 0) is 48.9 Å². The number of nitrogens with one attached hydrogen (secondary N) is 1. The maximum Gasteiger partial charge on any atom is 0.251 e. The SMILES string of the molecule is Cc1cccc(CNC(=O)c2ccc(COc3ccccc3)cc2)n1. The maximum absolute atomic E-state index is 12.2. The number of carbonyl (C=O) groups is 1. The van der Waals surface area contributed by atoms with E-state index in [4.69, 9.17) is 4.74 Å². The van der Waals surface area contributed by atoms with Crippen LogP contribution >= 0.6 is 0 Å². The van der Waals surface area contributed by atoms with Crippen LogP contribution in [0.2, 0.25) is 0 Å². The van der Waals surface area contributed by atoms with E-state index in [1.165, 1.54) is 0 Å². The van der Waals surface area contributed by atoms with Crippen LogP contribution in [0.4, 0.5) is 0 Å². The molecule has 3 aromatic rings. The van der Waals surface area contributed by atoms with Gasteiger partial charge in [0.25, 0.3) is 5.91 Å². The average molecular weight is 332 g/mol. The standard InChI is InChI=1S/C21H20N2O2/c1-16-6-5-7-19(23-16)14-22-21(24)18-12-10-17(11-13-18)15-25-20-8-3-2-4-9-20/h2-13H,14-15H2,1H3,(H,22,24). The molecule has 126 valence electrons. The molecule has 0 unspecified atom stereocenters. The van der Waals surface area contributed by atoms with E-state index in [-0.39, 0.29) is 5.91 Å². The lowest BCUT2D eigenvalue weighted by atomic mass is 10.1. The van der Waals surface area contributed by atoms with Crippen LogP contribution in [-0.4, -0.2) is 10.9 Å². The first-order valence-electron chi connectivity index (χ1n) is 8.18. The van der Waals surface area contributed by atoms with Crippen LogP contribution in [0.5, 0.6) is 5.75 Å². The smallest absolute Gasteiger partial charge is 0.251 e. The fourth-order valence-electron chi connectivity index (χ4n) is 2.41. The summed E-state index contributed by atoms with van der Waals surface area (Å²) in [5.74, 6) is 0.716. The van der Waals surface area contributed by atoms with Gasteiger partial charge in [0.15, 0.2) is 0 Å². The number of carbonyl (C=O) groups excluding carboxylic acids is 1. The lowest BCUT2D eigenvalue weighted by Gasteiger charge is -2.08. The van der Waals surface area contributed by atoms with Crippen molar-refractivity contribution < 1.29 is 9.53 Å². The maximum atomic E-state index is 12.2. The summed E-state index contributed by atoms with van der Waals surface area (Å²) < 4.78 is 5.70. The zero-order chi connectivity index (χ0) is 17.5. The quantitative estimate of drug-likeness (QED) is 0.745. The van der Waals surface area contributed by atoms with E-state index in [0.717, 1.165) is 22.7 Å². The van der Waals surface area contributed by atoms with Gasteiger partial charge in [0.1, 0.15) is 12.4 Å². The summed E-state index contributed by atoms with van der Waals surface area (Å²) in [6.45, 7) is 2.82. The van der Waals surface area contributed by atoms with E-state index in [2.05, 4.69) is 10.3 Å². The highest BCUT2D eigenvalue weighted by molar-refractivity contribution is 5.94. The number of amides is 1. The third-order valence-corrected chi connectivity index (χ3v) is 3.74. The molecular formula is C21H20N2O2. The summed E-state index contributed by atoms with van der Waals surface area (Å²) in [6, 6.07) is 22.9. The monoisotopic (exact) mass is 332 g/mol. The molecule has 1 N–H and O–H groups in total. The summed E-state index contributed by atoms with van der Waals surface area (Å²) in [5, 5.41) is 2.89. The van der Waals surface area contributed by atoms with E-state index in [1.54, 1.807) is 0 Å². The molecule has 1 aromatic heterocycles. The highest BCUT2D eigenvalue weighted by Crippen LogP contribution is 2.12. The van der Waals surface area contributed by atoms with Gasteiger partial charge in [-0.1, -0.05) is 36.4 Å². The summed E-state index contributed by atoms with van der Waals surface area (Å²) in [7, 11) is 0. The minimum Gasteiger partial charge on any atom is -0.489 e. The van der Waals surface area contributed by atoms with Crippen molar-refractivity contribution in [2.24, 2.45) is 0 Å². The first-order chi connectivity index (χ1) is 12.2. The summed E-state index contributed by atoms with van der Waals surface area (Å²) in [5.41, 5.74) is 3.42. The Bertz CT molecular complexity index is 830. The molecule has 0 saturated heterocycles. The van der Waals surface area contributed by atoms with Crippen LogP contribution in [0.25, 0.3) is 0 Å². The topological polar surface area (TPSA) is 51.2 Å². The largest absolute Gasteiger partial charge is 0.489 e. The first-order valence-corrected chi connectivity index (χ1v) is 8.18. The Morgan fingerprint density at radius 1 is 0.960 bits per heavy atom. The van der Waals surface area contributed by atoms with Crippen LogP contribution in [0, 0.1) is 6.92 Å². The Labute approximate surface area is 147 Å². The predicted octanol–water partition coefficient (Wildman–Crippen LogP) is 3.90. The average Bonchev–Trinajstić information content (AvgIpc) is 2.66. The van der Waals surface area contributed by atoms with Crippen LogP contribution in [0.3, 0.4) is 0 Å². The van der Waals surface area contributed by atoms with Crippen LogP contribution in [-0.2, 0) is 13.2 Å². The number of pyridine rings is 1. The van der Waals surface area contributed by atoms with Gasteiger partial charge in [-0.15, -0.1) is 0 Å². The number of ether oxygens (including phenoxy) is 1. The molecule has 0 aliphatic heterocycles. The Kier molecular flexibility index (Phi) is 5.42. The number of hydrogen-bond donors (Lipinski definition) is 1. The molecule has 0 radical (unpaired) electrons. The Morgan fingerprint density at radius 3 is 2.44 bits per heavy atom. The second-order valence-corrected chi connectivity index (χ2v) is 5.75. The van der Waals surface area contributed by atoms with Crippen molar-refractivity contribution in [2.75, 3.05) is 0 Å². The summed E-state index contributed by atoms with van der Waals surface area (Å²) in [4.78, 5) is 16.6. The number of rotatable bonds is 6. The molecule has 4 heteroatoms. The number of aryl methyl sites for hydroxylation is 1. The van der Waals surface area contributed by atoms with Gasteiger partial charge in [-0.3, -0.25) is 9.78 Å². The zero-order valence-electron chi connectivity index (χ0n) is 14.1. The minimum atomic E-state index is -0.112. The molecule has 0 atom stereocenters. The van der Waals surface area contributed by atoms with Crippen LogP contribution < -0.4 is 10.1 Å². The molecule has 0 fully saturated rings. The second kappa shape index (κ2) is 8.11. The van der Waals surface area contributed by atoms with E-state index < -0.39 is 0 Å². The normalized spacial score (nSPS) is 10.3. The fraction of sp³-hybridized carbons (Fsp3) is 0.143. The molecule has 0 aliphatic rings. The van der Waals surface area contributed by atoms with Crippen molar-refractivity contribution in [3.05, 3.63) is 95.3 Å². The number of hydrogen-bond acceptors (Lipinski definition) is 3. The first kappa shape index (κ1) is 16.7. The van der Waals surface area contributed by atoms with Crippen molar-refractivity contribution >= 4 is 5.91 Å². The molecule has 2 aromatic carbocycles. The summed E-state index contributed by atoms with van der Waals surface area (Å²) >= 11 is 0. The van der Waals surface area contributed by atoms with E-state index in [1.807, 2.05) is 79.7 Å². The van der Waals surface area contributed by atoms with Crippen molar-refractivity contribution in [2.45, 2.75) is 20.1 Å². The molecule has 3 rings (SSSR count). The van der Waals surface area contributed by atoms with Crippen LogP contribution in [0.15, 0.2) is 72.8 Å². The predicted molar refractivity (Wildman–Crippen MR) is 97.4 cm³/mol. The van der Waals surface area contributed by atoms with Crippen molar-refractivity contribution in [3.8, 4) is 5.75 Å². The third-order valence-electron chi connectivity index (χ3n) is 3.74. The lowest BCUT2D eigenvalue weighted by molar-refractivity contribution is 0.0950. The number of para-hydroxylation sites is 1. The van der Waals surface area contributed by atoms with E-state index in [9.17, 15) is 4.79 Å². The van der Waals surface area contributed by atoms with Gasteiger partial charge < -0.3 is 10.1 Å². The molecule has 0 saturated carbocycles. The van der Waals surface area contributed by atoms with E-state index in [0.29, 0.717) is 18.7 Å². The fourth-order valence-corrected chi connectivity index (χ4v) is 2.41. The van der Waals surface area contributed by atoms with Crippen molar-refractivity contribution in [1.29, 1.82) is 0 Å². The number of aromatic nitrogens is 1. The van der Waals surface area contributed by atoms with Crippen LogP contribution in [0.1, 0.15) is 27.3 Å². The highest BCUT2D eigenvalue weighted by atomic mass is 16.5. The number of nitrogens with zero attached hydrogens (tertiary/aromatic N) is 1. The zero-order valence-corrected chi connectivity index (χ0v) is 14.1. The molecular weight excluding hydrogens is 312 g/mol. The molecule has 25 heavy (non-hydrogen) atoms. The van der Waals surface area contributed by atoms with Gasteiger partial charge in [0.2, 0.25) is 0 Å². The van der Waals surface area contributed by atoms with E-state index >= 15 is 0 Å². The van der Waals surface area contributed by atoms with Gasteiger partial charge in [-0.25, -0.2) is 0 Å². The lowest BCUT2D eigenvalue weighted by Crippen LogP contribution is -2.23. The molecule has 1 heterocycles.